The van der Waals surface area contributed by atoms with Crippen molar-refractivity contribution in [1.82, 2.24) is 10.6 Å². The Balaban J connectivity index is 2.55. The largest absolute Gasteiger partial charge is 0.497 e. The number of sulfone groups is 1. The molecule has 0 heterocycles. The molecule has 0 saturated heterocycles. The van der Waals surface area contributed by atoms with Crippen LogP contribution in [0, 0.1) is 0 Å². The Bertz CT molecular complexity index is 887. The van der Waals surface area contributed by atoms with Crippen LogP contribution in [0.1, 0.15) is 21.9 Å². The third-order valence-corrected chi connectivity index (χ3v) is 6.14. The number of amides is 4. The van der Waals surface area contributed by atoms with E-state index >= 15 is 0 Å². The molecule has 0 aliphatic heterocycles. The van der Waals surface area contributed by atoms with Crippen LogP contribution in [-0.2, 0) is 9.84 Å². The van der Waals surface area contributed by atoms with Gasteiger partial charge in [0.1, 0.15) is 11.5 Å². The minimum absolute atomic E-state index is 0.217. The van der Waals surface area contributed by atoms with Gasteiger partial charge in [-0.1, -0.05) is 24.3 Å². The fourth-order valence-corrected chi connectivity index (χ4v) is 4.57. The van der Waals surface area contributed by atoms with Crippen LogP contribution in [0.2, 0.25) is 0 Å². The molecule has 10 nitrogen and oxygen atoms in total. The van der Waals surface area contributed by atoms with Crippen LogP contribution in [0.15, 0.2) is 48.5 Å². The molecule has 0 fully saturated rings. The minimum Gasteiger partial charge on any atom is -0.497 e. The predicted octanol–water partition coefficient (Wildman–Crippen LogP) is 1.15. The molecule has 156 valence electrons. The van der Waals surface area contributed by atoms with Gasteiger partial charge in [0, 0.05) is 0 Å². The Labute approximate surface area is 168 Å². The SMILES string of the molecule is COc1ccc(C(NC(N)=O)S(=O)(=O)C(NC(N)=O)c2ccc(OC)cc2)cc1. The van der Waals surface area contributed by atoms with Gasteiger partial charge in [0.05, 0.1) is 14.2 Å². The lowest BCUT2D eigenvalue weighted by Gasteiger charge is -2.26. The minimum atomic E-state index is -4.30. The number of benzene rings is 2. The summed E-state index contributed by atoms with van der Waals surface area (Å²) in [5.41, 5.74) is 10.8. The number of carbonyl (C=O) groups excluding carboxylic acids is 2. The van der Waals surface area contributed by atoms with Crippen molar-refractivity contribution in [2.24, 2.45) is 11.5 Å². The molecule has 2 aromatic carbocycles. The van der Waals surface area contributed by atoms with E-state index in [1.807, 2.05) is 0 Å². The molecule has 2 rings (SSSR count). The third-order valence-electron chi connectivity index (χ3n) is 4.04. The van der Waals surface area contributed by atoms with Crippen LogP contribution >= 0.6 is 0 Å². The number of nitrogens with one attached hydrogen (secondary N) is 2. The normalized spacial score (nSPS) is 13.0. The number of methoxy groups -OCH3 is 2. The summed E-state index contributed by atoms with van der Waals surface area (Å²) >= 11 is 0. The van der Waals surface area contributed by atoms with Gasteiger partial charge < -0.3 is 31.6 Å². The van der Waals surface area contributed by atoms with Crippen molar-refractivity contribution < 1.29 is 27.5 Å². The Hall–Kier alpha value is -3.47. The van der Waals surface area contributed by atoms with E-state index < -0.39 is 32.6 Å². The van der Waals surface area contributed by atoms with Gasteiger partial charge in [-0.15, -0.1) is 0 Å². The lowest BCUT2D eigenvalue weighted by Crippen LogP contribution is -2.44. The smallest absolute Gasteiger partial charge is 0.313 e. The number of rotatable bonds is 8. The highest BCUT2D eigenvalue weighted by atomic mass is 32.2. The Morgan fingerprint density at radius 3 is 1.31 bits per heavy atom. The van der Waals surface area contributed by atoms with Crippen molar-refractivity contribution in [3.63, 3.8) is 0 Å². The number of nitrogens with two attached hydrogens (primary N) is 2. The molecule has 2 unspecified atom stereocenters. The first kappa shape index (κ1) is 21.8. The molecule has 2 aromatic rings. The summed E-state index contributed by atoms with van der Waals surface area (Å²) < 4.78 is 36.9. The fourth-order valence-electron chi connectivity index (χ4n) is 2.66. The first-order valence-electron chi connectivity index (χ1n) is 8.31. The summed E-state index contributed by atoms with van der Waals surface area (Å²) in [4.78, 5) is 23.0. The van der Waals surface area contributed by atoms with E-state index in [1.54, 1.807) is 0 Å². The molecule has 0 radical (unpaired) electrons. The number of hydrogen-bond donors (Lipinski definition) is 4. The summed E-state index contributed by atoms with van der Waals surface area (Å²) in [5, 5.41) is 1.32. The van der Waals surface area contributed by atoms with Crippen molar-refractivity contribution in [2.45, 2.75) is 10.7 Å². The standard InChI is InChI=1S/C18H22N4O6S/c1-27-13-7-3-11(4-8-13)15(21-17(19)23)29(25,26)16(22-18(20)24)12-5-9-14(28-2)10-6-12/h3-10,15-16H,1-2H3,(H3,19,21,23)(H3,20,22,24). The van der Waals surface area contributed by atoms with E-state index in [0.717, 1.165) is 0 Å². The van der Waals surface area contributed by atoms with E-state index in [1.165, 1.54) is 62.8 Å². The second-order valence-electron chi connectivity index (χ2n) is 5.91. The van der Waals surface area contributed by atoms with Crippen molar-refractivity contribution in [3.05, 3.63) is 59.7 Å². The predicted molar refractivity (Wildman–Crippen MR) is 106 cm³/mol. The molecule has 11 heteroatoms. The number of primary amides is 2. The molecule has 0 aromatic heterocycles. The maximum Gasteiger partial charge on any atom is 0.313 e. The van der Waals surface area contributed by atoms with Gasteiger partial charge in [-0.05, 0) is 35.4 Å². The van der Waals surface area contributed by atoms with E-state index in [9.17, 15) is 18.0 Å². The Kier molecular flexibility index (Phi) is 6.89. The van der Waals surface area contributed by atoms with Crippen LogP contribution in [0.3, 0.4) is 0 Å². The van der Waals surface area contributed by atoms with Gasteiger partial charge in [0.25, 0.3) is 0 Å². The van der Waals surface area contributed by atoms with Crippen LogP contribution in [0.4, 0.5) is 9.59 Å². The molecule has 0 aliphatic carbocycles. The van der Waals surface area contributed by atoms with Crippen molar-refractivity contribution in [2.75, 3.05) is 14.2 Å². The summed E-state index contributed by atoms with van der Waals surface area (Å²) in [6, 6.07) is 9.88. The summed E-state index contributed by atoms with van der Waals surface area (Å²) in [7, 11) is -1.38. The summed E-state index contributed by atoms with van der Waals surface area (Å²) in [5.74, 6) is 0.983. The first-order chi connectivity index (χ1) is 13.7. The second kappa shape index (κ2) is 9.15. The molecule has 0 aliphatic rings. The Morgan fingerprint density at radius 1 is 0.759 bits per heavy atom. The number of ether oxygens (including phenoxy) is 2. The monoisotopic (exact) mass is 422 g/mol. The molecule has 6 N–H and O–H groups in total. The zero-order chi connectivity index (χ0) is 21.6. The van der Waals surface area contributed by atoms with Crippen molar-refractivity contribution >= 4 is 21.9 Å². The maximum absolute atomic E-state index is 13.4. The van der Waals surface area contributed by atoms with Gasteiger partial charge in [-0.25, -0.2) is 18.0 Å². The lowest BCUT2D eigenvalue weighted by molar-refractivity contribution is 0.247. The van der Waals surface area contributed by atoms with Crippen LogP contribution in [0.5, 0.6) is 11.5 Å². The van der Waals surface area contributed by atoms with E-state index in [-0.39, 0.29) is 11.1 Å². The number of hydrogen-bond acceptors (Lipinski definition) is 6. The number of urea groups is 2. The highest BCUT2D eigenvalue weighted by molar-refractivity contribution is 7.91. The third kappa shape index (κ3) is 5.29. The molecule has 0 bridgehead atoms. The van der Waals surface area contributed by atoms with Gasteiger partial charge in [0.15, 0.2) is 10.7 Å². The van der Waals surface area contributed by atoms with Gasteiger partial charge in [-0.2, -0.15) is 0 Å². The second-order valence-corrected chi connectivity index (χ2v) is 8.03. The molecule has 0 saturated carbocycles. The van der Waals surface area contributed by atoms with Crippen LogP contribution < -0.4 is 31.6 Å². The number of carbonyl (C=O) groups is 2. The maximum atomic E-state index is 13.4. The molecule has 0 spiro atoms. The zero-order valence-electron chi connectivity index (χ0n) is 15.8. The molecular weight excluding hydrogens is 400 g/mol. The van der Waals surface area contributed by atoms with Crippen LogP contribution in [-0.4, -0.2) is 34.7 Å². The fraction of sp³-hybridized carbons (Fsp3) is 0.222. The van der Waals surface area contributed by atoms with E-state index in [0.29, 0.717) is 11.5 Å². The van der Waals surface area contributed by atoms with E-state index in [4.69, 9.17) is 20.9 Å². The first-order valence-corrected chi connectivity index (χ1v) is 9.92. The molecule has 4 amide bonds. The van der Waals surface area contributed by atoms with Gasteiger partial charge >= 0.3 is 12.1 Å². The summed E-state index contributed by atoms with van der Waals surface area (Å²) in [6.07, 6.45) is 0. The molecular formula is C18H22N4O6S. The molecule has 2 atom stereocenters. The molecule has 29 heavy (non-hydrogen) atoms. The van der Waals surface area contributed by atoms with Crippen LogP contribution in [0.25, 0.3) is 0 Å². The average molecular weight is 422 g/mol. The van der Waals surface area contributed by atoms with Gasteiger partial charge in [0.2, 0.25) is 9.84 Å². The van der Waals surface area contributed by atoms with Crippen molar-refractivity contribution in [1.29, 1.82) is 0 Å². The van der Waals surface area contributed by atoms with Crippen molar-refractivity contribution in [3.8, 4) is 11.5 Å². The average Bonchev–Trinajstić information content (AvgIpc) is 2.70. The lowest BCUT2D eigenvalue weighted by atomic mass is 10.2. The summed E-state index contributed by atoms with van der Waals surface area (Å²) in [6.45, 7) is 0. The van der Waals surface area contributed by atoms with Gasteiger partial charge in [-0.3, -0.25) is 0 Å². The highest BCUT2D eigenvalue weighted by Gasteiger charge is 2.38. The quantitative estimate of drug-likeness (QED) is 0.498. The topological polar surface area (TPSA) is 163 Å². The van der Waals surface area contributed by atoms with E-state index in [2.05, 4.69) is 10.6 Å². The highest BCUT2D eigenvalue weighted by Crippen LogP contribution is 2.32. The zero-order valence-corrected chi connectivity index (χ0v) is 16.6. The Morgan fingerprint density at radius 2 is 1.07 bits per heavy atom.